The molecular formula is C20H18F6N4O3S. The molecule has 0 radical (unpaired) electrons. The second kappa shape index (κ2) is 9.06. The Morgan fingerprint density at radius 2 is 1.88 bits per heavy atom. The van der Waals surface area contributed by atoms with Gasteiger partial charge in [0.25, 0.3) is 0 Å². The fraction of sp³-hybridized carbons (Fsp3) is 0.400. The van der Waals surface area contributed by atoms with Crippen molar-refractivity contribution in [1.82, 2.24) is 14.6 Å². The summed E-state index contributed by atoms with van der Waals surface area (Å²) >= 11 is 0. The third kappa shape index (κ3) is 4.43. The van der Waals surface area contributed by atoms with E-state index in [1.165, 1.54) is 4.90 Å². The van der Waals surface area contributed by atoms with Crippen molar-refractivity contribution >= 4 is 15.9 Å². The molecule has 2 aromatic rings. The van der Waals surface area contributed by atoms with E-state index in [-0.39, 0.29) is 36.6 Å². The second-order valence-corrected chi connectivity index (χ2v) is 9.60. The lowest BCUT2D eigenvalue weighted by Crippen LogP contribution is -2.42. The van der Waals surface area contributed by atoms with Crippen LogP contribution < -0.4 is 4.72 Å². The Morgan fingerprint density at radius 1 is 1.18 bits per heavy atom. The number of nitrogens with zero attached hydrogens (tertiary/aromatic N) is 3. The van der Waals surface area contributed by atoms with Gasteiger partial charge in [-0.2, -0.15) is 0 Å². The Balaban J connectivity index is 1.64. The zero-order valence-electron chi connectivity index (χ0n) is 17.3. The topological polar surface area (TPSA) is 83.9 Å². The van der Waals surface area contributed by atoms with Crippen LogP contribution in [0.5, 0.6) is 0 Å². The molecule has 3 atom stereocenters. The number of sulfonamides is 1. The van der Waals surface area contributed by atoms with Crippen LogP contribution in [-0.2, 0) is 20.5 Å². The van der Waals surface area contributed by atoms with E-state index in [1.807, 2.05) is 4.72 Å². The zero-order chi connectivity index (χ0) is 24.7. The van der Waals surface area contributed by atoms with Crippen LogP contribution in [-0.4, -0.2) is 62.1 Å². The van der Waals surface area contributed by atoms with Crippen LogP contribution >= 0.6 is 0 Å². The number of halogens is 6. The maximum Gasteiger partial charge on any atom is 0.241 e. The minimum atomic E-state index is -4.33. The van der Waals surface area contributed by atoms with Crippen LogP contribution in [0.3, 0.4) is 0 Å². The highest BCUT2D eigenvalue weighted by Crippen LogP contribution is 2.42. The molecule has 1 fully saturated rings. The Labute approximate surface area is 190 Å². The number of nitrogens with one attached hydrogen (secondary N) is 1. The number of likely N-dealkylation sites (tertiary alicyclic amines) is 1. The summed E-state index contributed by atoms with van der Waals surface area (Å²) in [4.78, 5) is 10.4. The normalized spacial score (nSPS) is 24.9. The number of alkyl halides is 3. The molecule has 1 aromatic heterocycles. The molecular weight excluding hydrogens is 490 g/mol. The van der Waals surface area contributed by atoms with Crippen molar-refractivity contribution in [2.24, 2.45) is 5.16 Å². The maximum absolute atomic E-state index is 14.5. The number of rotatable bonds is 6. The van der Waals surface area contributed by atoms with Crippen molar-refractivity contribution in [2.45, 2.75) is 24.2 Å². The minimum absolute atomic E-state index is 0.00771. The molecule has 1 aromatic carbocycles. The van der Waals surface area contributed by atoms with Crippen molar-refractivity contribution in [2.75, 3.05) is 25.8 Å². The van der Waals surface area contributed by atoms with Gasteiger partial charge in [-0.05, 0) is 18.2 Å². The Bertz CT molecular complexity index is 1210. The lowest BCUT2D eigenvalue weighted by atomic mass is 9.89. The molecule has 7 nitrogen and oxygen atoms in total. The number of amidine groups is 1. The van der Waals surface area contributed by atoms with Crippen molar-refractivity contribution in [3.05, 3.63) is 53.6 Å². The Hall–Kier alpha value is -2.87. The highest BCUT2D eigenvalue weighted by molar-refractivity contribution is 7.89. The summed E-state index contributed by atoms with van der Waals surface area (Å²) in [5.41, 5.74) is -3.36. The molecule has 3 heterocycles. The summed E-state index contributed by atoms with van der Waals surface area (Å²) in [6.07, 6.45) is -1.37. The summed E-state index contributed by atoms with van der Waals surface area (Å²) in [5.74, 6) is -3.00. The summed E-state index contributed by atoms with van der Waals surface area (Å²) in [7, 11) is -4.33. The molecule has 2 aliphatic rings. The first-order valence-corrected chi connectivity index (χ1v) is 11.6. The van der Waals surface area contributed by atoms with Gasteiger partial charge in [-0.15, -0.1) is 0 Å². The standard InChI is InChI=1S/C20H18F6N4O3S/c21-9-20(19-12(4-11(23)6-27-19)18-13(24)2-1-3-14(18)25)5-17(28-33-20)30-7-15(26)16(8-30)29-34(31,32)10-22/h1-4,6,15-16,29H,5,7-10H2/t15-,16+,20+/m0/s1. The summed E-state index contributed by atoms with van der Waals surface area (Å²) in [6.45, 7) is -1.89. The lowest BCUT2D eigenvalue weighted by molar-refractivity contribution is -0.0435. The van der Waals surface area contributed by atoms with Crippen LogP contribution in [0.1, 0.15) is 12.1 Å². The predicted octanol–water partition coefficient (Wildman–Crippen LogP) is 2.93. The smallest absolute Gasteiger partial charge is 0.241 e. The molecule has 14 heteroatoms. The molecule has 0 unspecified atom stereocenters. The second-order valence-electron chi connectivity index (χ2n) is 7.92. The van der Waals surface area contributed by atoms with Gasteiger partial charge < -0.3 is 9.74 Å². The van der Waals surface area contributed by atoms with Gasteiger partial charge in [0.15, 0.2) is 0 Å². The van der Waals surface area contributed by atoms with Gasteiger partial charge in [0, 0.05) is 12.1 Å². The van der Waals surface area contributed by atoms with Gasteiger partial charge in [0.1, 0.15) is 36.1 Å². The van der Waals surface area contributed by atoms with Gasteiger partial charge in [0.2, 0.25) is 21.6 Å². The highest BCUT2D eigenvalue weighted by Gasteiger charge is 2.48. The van der Waals surface area contributed by atoms with E-state index in [9.17, 15) is 34.8 Å². The fourth-order valence-corrected chi connectivity index (χ4v) is 4.73. The van der Waals surface area contributed by atoms with Gasteiger partial charge in [-0.1, -0.05) is 11.2 Å². The fourth-order valence-electron chi connectivity index (χ4n) is 3.99. The molecule has 0 aliphatic carbocycles. The molecule has 1 N–H and O–H groups in total. The van der Waals surface area contributed by atoms with E-state index in [1.54, 1.807) is 0 Å². The molecule has 0 amide bonds. The zero-order valence-corrected chi connectivity index (χ0v) is 18.1. The van der Waals surface area contributed by atoms with Crippen molar-refractivity contribution in [3.63, 3.8) is 0 Å². The first-order chi connectivity index (χ1) is 16.1. The minimum Gasteiger partial charge on any atom is -0.378 e. The van der Waals surface area contributed by atoms with E-state index in [4.69, 9.17) is 4.84 Å². The SMILES string of the molecule is O=S(=O)(CF)N[C@@H]1CN(C2=NO[C@](CF)(c3ncc(F)cc3-c3c(F)cccc3F)C2)C[C@@H]1F. The molecule has 0 bridgehead atoms. The van der Waals surface area contributed by atoms with E-state index in [0.717, 1.165) is 30.5 Å². The third-order valence-electron chi connectivity index (χ3n) is 5.59. The van der Waals surface area contributed by atoms with Crippen LogP contribution in [0.25, 0.3) is 11.1 Å². The number of aromatic nitrogens is 1. The summed E-state index contributed by atoms with van der Waals surface area (Å²) in [6, 6.07) is 0.769. The average Bonchev–Trinajstić information content (AvgIpc) is 3.38. The molecule has 34 heavy (non-hydrogen) atoms. The van der Waals surface area contributed by atoms with Crippen LogP contribution in [0.4, 0.5) is 26.3 Å². The van der Waals surface area contributed by atoms with E-state index in [2.05, 4.69) is 10.1 Å². The molecule has 4 rings (SSSR count). The van der Waals surface area contributed by atoms with E-state index < -0.39 is 63.5 Å². The number of hydrogen-bond donors (Lipinski definition) is 1. The van der Waals surface area contributed by atoms with E-state index >= 15 is 0 Å². The number of hydrogen-bond acceptors (Lipinski definition) is 6. The highest BCUT2D eigenvalue weighted by atomic mass is 32.2. The molecule has 0 saturated carbocycles. The number of oxime groups is 1. The first-order valence-electron chi connectivity index (χ1n) is 9.95. The van der Waals surface area contributed by atoms with Gasteiger partial charge in [0.05, 0.1) is 36.5 Å². The van der Waals surface area contributed by atoms with Gasteiger partial charge in [-0.25, -0.2) is 39.5 Å². The predicted molar refractivity (Wildman–Crippen MR) is 109 cm³/mol. The summed E-state index contributed by atoms with van der Waals surface area (Å²) < 4.78 is 109. The number of benzene rings is 1. The lowest BCUT2D eigenvalue weighted by Gasteiger charge is -2.26. The van der Waals surface area contributed by atoms with Gasteiger partial charge in [-0.3, -0.25) is 4.98 Å². The molecule has 184 valence electrons. The summed E-state index contributed by atoms with van der Waals surface area (Å²) in [5, 5.41) is 3.77. The first kappa shape index (κ1) is 24.3. The third-order valence-corrected chi connectivity index (χ3v) is 6.54. The largest absolute Gasteiger partial charge is 0.378 e. The van der Waals surface area contributed by atoms with Crippen LogP contribution in [0.2, 0.25) is 0 Å². The van der Waals surface area contributed by atoms with Crippen molar-refractivity contribution in [3.8, 4) is 11.1 Å². The Kier molecular flexibility index (Phi) is 6.46. The van der Waals surface area contributed by atoms with Crippen molar-refractivity contribution < 1.29 is 39.6 Å². The molecule has 0 spiro atoms. The van der Waals surface area contributed by atoms with Crippen LogP contribution in [0.15, 0.2) is 35.6 Å². The van der Waals surface area contributed by atoms with E-state index in [0.29, 0.717) is 0 Å². The molecule has 2 aliphatic heterocycles. The van der Waals surface area contributed by atoms with Crippen LogP contribution in [0, 0.1) is 17.5 Å². The quantitative estimate of drug-likeness (QED) is 0.607. The maximum atomic E-state index is 14.5. The average molecular weight is 508 g/mol. The Morgan fingerprint density at radius 3 is 2.53 bits per heavy atom. The monoisotopic (exact) mass is 508 g/mol. The van der Waals surface area contributed by atoms with Crippen molar-refractivity contribution in [1.29, 1.82) is 0 Å². The number of pyridine rings is 1. The van der Waals surface area contributed by atoms with Gasteiger partial charge >= 0.3 is 0 Å². The molecule has 1 saturated heterocycles.